The molecule has 7 heteroatoms. The number of amides is 2. The number of halogens is 1. The first-order chi connectivity index (χ1) is 15.4. The number of carbonyl (C=O) groups excluding carboxylic acids is 1. The van der Waals surface area contributed by atoms with Crippen molar-refractivity contribution in [1.82, 2.24) is 14.7 Å². The van der Waals surface area contributed by atoms with Crippen molar-refractivity contribution in [3.8, 4) is 5.75 Å². The van der Waals surface area contributed by atoms with Gasteiger partial charge in [0.1, 0.15) is 0 Å². The van der Waals surface area contributed by atoms with Crippen LogP contribution in [0, 0.1) is 5.82 Å². The Balaban J connectivity index is 1.60. The normalized spacial score (nSPS) is 15.3. The smallest absolute Gasteiger partial charge is 0.323 e. The van der Waals surface area contributed by atoms with Gasteiger partial charge in [-0.15, -0.1) is 0 Å². The van der Waals surface area contributed by atoms with Crippen LogP contribution in [0.15, 0.2) is 59.7 Å². The van der Waals surface area contributed by atoms with Gasteiger partial charge in [-0.1, -0.05) is 30.3 Å². The Morgan fingerprint density at radius 3 is 2.53 bits per heavy atom. The molecule has 0 aromatic heterocycles. The maximum atomic E-state index is 13.7. The number of benzene rings is 2. The number of urea groups is 1. The van der Waals surface area contributed by atoms with Crippen LogP contribution < -0.4 is 4.74 Å². The molecule has 170 valence electrons. The largest absolute Gasteiger partial charge is 0.494 e. The summed E-state index contributed by atoms with van der Waals surface area (Å²) >= 11 is 0. The lowest BCUT2D eigenvalue weighted by Crippen LogP contribution is -2.48. The SMILES string of the molecule is C=N/C(=C\N(C)C(=O)N(C)C1CCN(Cc2ccccc2)CC1)c1ccc(F)c(OC)c1. The number of methoxy groups -OCH3 is 1. The van der Waals surface area contributed by atoms with E-state index < -0.39 is 5.82 Å². The van der Waals surface area contributed by atoms with Gasteiger partial charge in [-0.2, -0.15) is 0 Å². The second-order valence-corrected chi connectivity index (χ2v) is 8.02. The van der Waals surface area contributed by atoms with Crippen molar-refractivity contribution in [2.75, 3.05) is 34.3 Å². The molecule has 0 spiro atoms. The van der Waals surface area contributed by atoms with E-state index in [0.717, 1.165) is 32.5 Å². The molecule has 32 heavy (non-hydrogen) atoms. The second kappa shape index (κ2) is 10.9. The number of carbonyl (C=O) groups is 1. The van der Waals surface area contributed by atoms with Crippen LogP contribution in [0.3, 0.4) is 0 Å². The average Bonchev–Trinajstić information content (AvgIpc) is 2.83. The van der Waals surface area contributed by atoms with E-state index in [4.69, 9.17) is 4.74 Å². The van der Waals surface area contributed by atoms with Crippen molar-refractivity contribution >= 4 is 18.4 Å². The standard InChI is InChI=1S/C25H31FN4O2/c1-27-23(20-10-11-22(26)24(16-20)32-4)18-28(2)25(31)29(3)21-12-14-30(15-13-21)17-19-8-6-5-7-9-19/h5-11,16,18,21H,1,12-15,17H2,2-4H3/b23-18-. The number of likely N-dealkylation sites (tertiary alicyclic amines) is 1. The van der Waals surface area contributed by atoms with E-state index in [1.165, 1.54) is 23.6 Å². The highest BCUT2D eigenvalue weighted by Crippen LogP contribution is 2.25. The molecule has 2 aromatic carbocycles. The Hall–Kier alpha value is -3.19. The van der Waals surface area contributed by atoms with Crippen LogP contribution >= 0.6 is 0 Å². The Morgan fingerprint density at radius 2 is 1.91 bits per heavy atom. The molecule has 0 atom stereocenters. The highest BCUT2D eigenvalue weighted by Gasteiger charge is 2.27. The Bertz CT molecular complexity index is 956. The van der Waals surface area contributed by atoms with Crippen LogP contribution in [0.4, 0.5) is 9.18 Å². The van der Waals surface area contributed by atoms with Gasteiger partial charge < -0.3 is 14.5 Å². The van der Waals surface area contributed by atoms with Crippen LogP contribution in [0.25, 0.3) is 5.70 Å². The quantitative estimate of drug-likeness (QED) is 0.599. The monoisotopic (exact) mass is 438 g/mol. The summed E-state index contributed by atoms with van der Waals surface area (Å²) in [6.07, 6.45) is 3.46. The number of ether oxygens (including phenoxy) is 1. The summed E-state index contributed by atoms with van der Waals surface area (Å²) in [6.45, 7) is 6.43. The first-order valence-electron chi connectivity index (χ1n) is 10.7. The maximum Gasteiger partial charge on any atom is 0.323 e. The Kier molecular flexibility index (Phi) is 8.00. The molecule has 1 aliphatic rings. The topological polar surface area (TPSA) is 48.4 Å². The molecule has 1 fully saturated rings. The number of hydrogen-bond donors (Lipinski definition) is 0. The highest BCUT2D eigenvalue weighted by atomic mass is 19.1. The van der Waals surface area contributed by atoms with E-state index in [1.54, 1.807) is 30.3 Å². The van der Waals surface area contributed by atoms with Crippen molar-refractivity contribution in [3.05, 3.63) is 71.7 Å². The summed E-state index contributed by atoms with van der Waals surface area (Å²) in [5, 5.41) is 0. The summed E-state index contributed by atoms with van der Waals surface area (Å²) in [7, 11) is 4.93. The fourth-order valence-electron chi connectivity index (χ4n) is 3.98. The molecule has 0 saturated carbocycles. The number of nitrogens with zero attached hydrogens (tertiary/aromatic N) is 4. The molecular formula is C25H31FN4O2. The zero-order valence-electron chi connectivity index (χ0n) is 19.0. The molecule has 1 saturated heterocycles. The number of aliphatic imine (C=N–C) groups is 1. The zero-order valence-corrected chi connectivity index (χ0v) is 19.0. The Labute approximate surface area is 189 Å². The molecule has 1 heterocycles. The van der Waals surface area contributed by atoms with Gasteiger partial charge >= 0.3 is 6.03 Å². The lowest BCUT2D eigenvalue weighted by molar-refractivity contribution is 0.121. The lowest BCUT2D eigenvalue weighted by Gasteiger charge is -2.37. The van der Waals surface area contributed by atoms with Gasteiger partial charge in [-0.3, -0.25) is 9.89 Å². The number of hydrogen-bond acceptors (Lipinski definition) is 4. The molecule has 2 aromatic rings. The lowest BCUT2D eigenvalue weighted by atomic mass is 10.0. The van der Waals surface area contributed by atoms with Gasteiger partial charge in [0.15, 0.2) is 11.6 Å². The summed E-state index contributed by atoms with van der Waals surface area (Å²) < 4.78 is 18.8. The van der Waals surface area contributed by atoms with Crippen LogP contribution in [0.2, 0.25) is 0 Å². The minimum Gasteiger partial charge on any atom is -0.494 e. The van der Waals surface area contributed by atoms with E-state index in [1.807, 2.05) is 13.1 Å². The van der Waals surface area contributed by atoms with Crippen LogP contribution in [0.5, 0.6) is 5.75 Å². The molecule has 0 bridgehead atoms. The molecule has 0 radical (unpaired) electrons. The highest BCUT2D eigenvalue weighted by molar-refractivity contribution is 5.78. The predicted molar refractivity (Wildman–Crippen MR) is 126 cm³/mol. The first-order valence-corrected chi connectivity index (χ1v) is 10.7. The van der Waals surface area contributed by atoms with Gasteiger partial charge in [-0.25, -0.2) is 9.18 Å². The minimum absolute atomic E-state index is 0.116. The molecule has 1 aliphatic heterocycles. The molecule has 0 unspecified atom stereocenters. The van der Waals surface area contributed by atoms with Gasteiger partial charge in [0.25, 0.3) is 0 Å². The van der Waals surface area contributed by atoms with Crippen molar-refractivity contribution in [2.45, 2.75) is 25.4 Å². The maximum absolute atomic E-state index is 13.7. The average molecular weight is 439 g/mol. The second-order valence-electron chi connectivity index (χ2n) is 8.02. The summed E-state index contributed by atoms with van der Waals surface area (Å²) in [5.41, 5.74) is 2.39. The summed E-state index contributed by atoms with van der Waals surface area (Å²) in [6, 6.07) is 14.9. The minimum atomic E-state index is -0.456. The van der Waals surface area contributed by atoms with Gasteiger partial charge in [0.05, 0.1) is 12.8 Å². The molecule has 6 nitrogen and oxygen atoms in total. The molecule has 0 N–H and O–H groups in total. The Morgan fingerprint density at radius 1 is 1.22 bits per heavy atom. The van der Waals surface area contributed by atoms with E-state index in [9.17, 15) is 9.18 Å². The van der Waals surface area contributed by atoms with Crippen LogP contribution in [0.1, 0.15) is 24.0 Å². The summed E-state index contributed by atoms with van der Waals surface area (Å²) in [4.78, 5) is 22.8. The third-order valence-electron chi connectivity index (χ3n) is 5.89. The molecule has 2 amide bonds. The van der Waals surface area contributed by atoms with E-state index in [2.05, 4.69) is 40.9 Å². The first kappa shape index (κ1) is 23.5. The van der Waals surface area contributed by atoms with Crippen molar-refractivity contribution in [3.63, 3.8) is 0 Å². The zero-order chi connectivity index (χ0) is 23.1. The third kappa shape index (κ3) is 5.73. The van der Waals surface area contributed by atoms with E-state index in [0.29, 0.717) is 11.3 Å². The van der Waals surface area contributed by atoms with E-state index >= 15 is 0 Å². The number of rotatable bonds is 7. The molecule has 3 rings (SSSR count). The molecule has 0 aliphatic carbocycles. The molecular weight excluding hydrogens is 407 g/mol. The van der Waals surface area contributed by atoms with Crippen LogP contribution in [-0.2, 0) is 6.54 Å². The van der Waals surface area contributed by atoms with Crippen molar-refractivity contribution in [2.24, 2.45) is 4.99 Å². The van der Waals surface area contributed by atoms with Gasteiger partial charge in [0, 0.05) is 51.5 Å². The third-order valence-corrected chi connectivity index (χ3v) is 5.89. The van der Waals surface area contributed by atoms with Gasteiger partial charge in [-0.05, 0) is 43.3 Å². The van der Waals surface area contributed by atoms with E-state index in [-0.39, 0.29) is 17.8 Å². The summed E-state index contributed by atoms with van der Waals surface area (Å²) in [5.74, 6) is -0.340. The van der Waals surface area contributed by atoms with Gasteiger partial charge in [0.2, 0.25) is 0 Å². The predicted octanol–water partition coefficient (Wildman–Crippen LogP) is 4.48. The van der Waals surface area contributed by atoms with Crippen molar-refractivity contribution < 1.29 is 13.9 Å². The number of piperidine rings is 1. The van der Waals surface area contributed by atoms with Crippen molar-refractivity contribution in [1.29, 1.82) is 0 Å². The fourth-order valence-corrected chi connectivity index (χ4v) is 3.98. The van der Waals surface area contributed by atoms with Crippen LogP contribution in [-0.4, -0.2) is 67.8 Å². The fraction of sp³-hybridized carbons (Fsp3) is 0.360.